The highest BCUT2D eigenvalue weighted by Gasteiger charge is 2.22. The minimum Gasteiger partial charge on any atom is -0.465 e. The molecule has 0 aromatic rings. The lowest BCUT2D eigenvalue weighted by Crippen LogP contribution is -2.44. The second kappa shape index (κ2) is 10.6. The first-order chi connectivity index (χ1) is 8.99. The van der Waals surface area contributed by atoms with Crippen molar-refractivity contribution in [3.05, 3.63) is 10.1 Å². The maximum Gasteiger partial charge on any atom is 0.361 e. The van der Waals surface area contributed by atoms with Gasteiger partial charge in [-0.3, -0.25) is 4.79 Å². The van der Waals surface area contributed by atoms with E-state index in [2.05, 4.69) is 10.1 Å². The molecule has 0 aromatic heterocycles. The molecule has 0 aliphatic carbocycles. The van der Waals surface area contributed by atoms with E-state index in [0.717, 1.165) is 0 Å². The lowest BCUT2D eigenvalue weighted by atomic mass is 10.0. The molecule has 0 heterocycles. The van der Waals surface area contributed by atoms with Crippen LogP contribution in [0.15, 0.2) is 0 Å². The SMILES string of the molecule is COBNC(C(=O)OCCCCO[N+](=O)[O-])C(C)C. The summed E-state index contributed by atoms with van der Waals surface area (Å²) >= 11 is 0. The van der Waals surface area contributed by atoms with Gasteiger partial charge in [0.25, 0.3) is 5.09 Å². The Morgan fingerprint density at radius 1 is 1.37 bits per heavy atom. The van der Waals surface area contributed by atoms with Gasteiger partial charge in [-0.25, -0.2) is 0 Å². The molecule has 0 bridgehead atoms. The number of hydrogen-bond donors (Lipinski definition) is 1. The number of nitrogens with zero attached hydrogens (tertiary/aromatic N) is 1. The van der Waals surface area contributed by atoms with Crippen molar-refractivity contribution in [2.75, 3.05) is 20.3 Å². The highest BCUT2D eigenvalue weighted by Crippen LogP contribution is 2.04. The largest absolute Gasteiger partial charge is 0.465 e. The molecule has 19 heavy (non-hydrogen) atoms. The molecular weight excluding hydrogens is 255 g/mol. The highest BCUT2D eigenvalue weighted by atomic mass is 16.9. The lowest BCUT2D eigenvalue weighted by Gasteiger charge is -2.20. The van der Waals surface area contributed by atoms with Crippen LogP contribution in [0.25, 0.3) is 0 Å². The first-order valence-corrected chi connectivity index (χ1v) is 6.15. The summed E-state index contributed by atoms with van der Waals surface area (Å²) in [6.07, 6.45) is 0.987. The fraction of sp³-hybridized carbons (Fsp3) is 0.900. The second-order valence-electron chi connectivity index (χ2n) is 4.29. The maximum atomic E-state index is 11.8. The predicted molar refractivity (Wildman–Crippen MR) is 69.1 cm³/mol. The Labute approximate surface area is 113 Å². The van der Waals surface area contributed by atoms with Crippen LogP contribution in [0.5, 0.6) is 0 Å². The quantitative estimate of drug-likeness (QED) is 0.187. The minimum atomic E-state index is -0.838. The lowest BCUT2D eigenvalue weighted by molar-refractivity contribution is -0.757. The molecule has 0 aliphatic rings. The molecule has 0 amide bonds. The molecule has 0 spiro atoms. The topological polar surface area (TPSA) is 99.9 Å². The van der Waals surface area contributed by atoms with Crippen molar-refractivity contribution < 1.29 is 24.1 Å². The van der Waals surface area contributed by atoms with Crippen molar-refractivity contribution in [1.82, 2.24) is 5.23 Å². The summed E-state index contributed by atoms with van der Waals surface area (Å²) in [4.78, 5) is 25.8. The van der Waals surface area contributed by atoms with Gasteiger partial charge in [0.15, 0.2) is 0 Å². The van der Waals surface area contributed by atoms with Gasteiger partial charge in [-0.2, -0.15) is 0 Å². The molecule has 1 unspecified atom stereocenters. The standard InChI is InChI=1S/C10H21BN2O6/c1-8(2)9(12-11-17-3)10(14)18-6-4-5-7-19-13(15)16/h8-9,11-12H,4-7H2,1-3H3. The first kappa shape index (κ1) is 17.7. The number of unbranched alkanes of at least 4 members (excludes halogenated alkanes) is 1. The van der Waals surface area contributed by atoms with Crippen LogP contribution in [0.2, 0.25) is 0 Å². The van der Waals surface area contributed by atoms with Gasteiger partial charge in [-0.15, -0.1) is 10.1 Å². The van der Waals surface area contributed by atoms with Crippen molar-refractivity contribution in [2.45, 2.75) is 32.7 Å². The highest BCUT2D eigenvalue weighted by molar-refractivity contribution is 6.24. The Kier molecular flexibility index (Phi) is 9.82. The fourth-order valence-corrected chi connectivity index (χ4v) is 1.37. The van der Waals surface area contributed by atoms with Crippen molar-refractivity contribution in [3.63, 3.8) is 0 Å². The molecule has 110 valence electrons. The molecule has 0 saturated carbocycles. The zero-order valence-electron chi connectivity index (χ0n) is 11.6. The Morgan fingerprint density at radius 3 is 2.53 bits per heavy atom. The number of rotatable bonds is 11. The van der Waals surface area contributed by atoms with Crippen molar-refractivity contribution >= 4 is 13.6 Å². The van der Waals surface area contributed by atoms with E-state index in [-0.39, 0.29) is 32.7 Å². The Bertz CT molecular complexity index is 277. The third-order valence-corrected chi connectivity index (χ3v) is 2.35. The van der Waals surface area contributed by atoms with Gasteiger partial charge in [0.1, 0.15) is 6.04 Å². The average Bonchev–Trinajstić information content (AvgIpc) is 2.33. The third-order valence-electron chi connectivity index (χ3n) is 2.35. The van der Waals surface area contributed by atoms with Gasteiger partial charge in [-0.05, 0) is 18.8 Å². The van der Waals surface area contributed by atoms with Crippen molar-refractivity contribution in [2.24, 2.45) is 5.92 Å². The molecule has 1 N–H and O–H groups in total. The van der Waals surface area contributed by atoms with Crippen molar-refractivity contribution in [3.8, 4) is 0 Å². The van der Waals surface area contributed by atoms with E-state index in [1.807, 2.05) is 13.8 Å². The summed E-state index contributed by atoms with van der Waals surface area (Å²) < 4.78 is 9.94. The van der Waals surface area contributed by atoms with Gasteiger partial charge in [0, 0.05) is 7.11 Å². The van der Waals surface area contributed by atoms with Gasteiger partial charge in [0.05, 0.1) is 13.2 Å². The molecule has 0 aromatic carbocycles. The molecule has 0 radical (unpaired) electrons. The van der Waals surface area contributed by atoms with Gasteiger partial charge in [0.2, 0.25) is 0 Å². The summed E-state index contributed by atoms with van der Waals surface area (Å²) in [7, 11) is 1.81. The smallest absolute Gasteiger partial charge is 0.361 e. The Hall–Kier alpha value is -1.35. The summed E-state index contributed by atoms with van der Waals surface area (Å²) in [5.74, 6) is -0.261. The van der Waals surface area contributed by atoms with Crippen LogP contribution in [-0.2, 0) is 19.0 Å². The van der Waals surface area contributed by atoms with Crippen LogP contribution in [0, 0.1) is 16.0 Å². The van der Waals surface area contributed by atoms with E-state index in [4.69, 9.17) is 9.39 Å². The third kappa shape index (κ3) is 9.26. The molecule has 8 nitrogen and oxygen atoms in total. The van der Waals surface area contributed by atoms with E-state index in [1.54, 1.807) is 0 Å². The molecule has 0 aliphatic heterocycles. The summed E-state index contributed by atoms with van der Waals surface area (Å²) in [6.45, 7) is 4.04. The van der Waals surface area contributed by atoms with E-state index in [1.165, 1.54) is 7.11 Å². The van der Waals surface area contributed by atoms with Crippen LogP contribution in [0.4, 0.5) is 0 Å². The Balaban J connectivity index is 3.77. The van der Waals surface area contributed by atoms with Crippen LogP contribution in [0.1, 0.15) is 26.7 Å². The van der Waals surface area contributed by atoms with E-state index >= 15 is 0 Å². The monoisotopic (exact) mass is 276 g/mol. The minimum absolute atomic E-state index is 0.0140. The van der Waals surface area contributed by atoms with E-state index in [0.29, 0.717) is 12.8 Å². The molecule has 9 heteroatoms. The van der Waals surface area contributed by atoms with Crippen LogP contribution in [-0.4, -0.2) is 45.0 Å². The number of hydrogen-bond acceptors (Lipinski definition) is 7. The Morgan fingerprint density at radius 2 is 2.00 bits per heavy atom. The summed E-state index contributed by atoms with van der Waals surface area (Å²) in [5, 5.41) is 12.0. The fourth-order valence-electron chi connectivity index (χ4n) is 1.37. The van der Waals surface area contributed by atoms with Gasteiger partial charge in [-0.1, -0.05) is 13.8 Å². The second-order valence-corrected chi connectivity index (χ2v) is 4.29. The average molecular weight is 276 g/mol. The molecule has 0 rings (SSSR count). The number of carbonyl (C=O) groups is 1. The molecule has 0 saturated heterocycles. The normalized spacial score (nSPS) is 12.0. The van der Waals surface area contributed by atoms with Gasteiger partial charge >= 0.3 is 13.6 Å². The van der Waals surface area contributed by atoms with Crippen LogP contribution < -0.4 is 5.23 Å². The van der Waals surface area contributed by atoms with Crippen LogP contribution in [0.3, 0.4) is 0 Å². The first-order valence-electron chi connectivity index (χ1n) is 6.15. The number of ether oxygens (including phenoxy) is 1. The van der Waals surface area contributed by atoms with E-state index in [9.17, 15) is 14.9 Å². The molecule has 1 atom stereocenters. The maximum absolute atomic E-state index is 11.8. The van der Waals surface area contributed by atoms with Crippen molar-refractivity contribution in [1.29, 1.82) is 0 Å². The van der Waals surface area contributed by atoms with Gasteiger partial charge < -0.3 is 19.5 Å². The van der Waals surface area contributed by atoms with E-state index < -0.39 is 11.1 Å². The zero-order valence-corrected chi connectivity index (χ0v) is 11.6. The van der Waals surface area contributed by atoms with Crippen LogP contribution >= 0.6 is 0 Å². The summed E-state index contributed by atoms with van der Waals surface area (Å²) in [6, 6.07) is -0.421. The predicted octanol–water partition coefficient (Wildman–Crippen LogP) is 0.0452. The molecular formula is C10H21BN2O6. The zero-order chi connectivity index (χ0) is 14.7. The number of carbonyl (C=O) groups excluding carboxylic acids is 1. The molecule has 0 fully saturated rings. The summed E-state index contributed by atoms with van der Waals surface area (Å²) in [5.41, 5.74) is 0. The number of nitrogens with one attached hydrogen (secondary N) is 1. The number of esters is 1.